The number of aryl methyl sites for hydroxylation is 1. The smallest absolute Gasteiger partial charge is 0.152 e. The van der Waals surface area contributed by atoms with Gasteiger partial charge in [-0.05, 0) is 13.5 Å². The van der Waals surface area contributed by atoms with Crippen LogP contribution in [0, 0.1) is 0 Å². The van der Waals surface area contributed by atoms with Crippen LogP contribution in [0.2, 0.25) is 0 Å². The molecule has 19 heavy (non-hydrogen) atoms. The summed E-state index contributed by atoms with van der Waals surface area (Å²) in [5.74, 6) is 1.88. The first kappa shape index (κ1) is 13.0. The van der Waals surface area contributed by atoms with Crippen LogP contribution in [0.1, 0.15) is 18.1 Å². The fourth-order valence-corrected chi connectivity index (χ4v) is 2.78. The van der Waals surface area contributed by atoms with Crippen LogP contribution < -0.4 is 0 Å². The Labute approximate surface area is 114 Å². The molecule has 1 aromatic rings. The Balaban J connectivity index is 1.53. The molecule has 1 aromatic heterocycles. The van der Waals surface area contributed by atoms with Crippen LogP contribution in [0.3, 0.4) is 0 Å². The predicted octanol–water partition coefficient (Wildman–Crippen LogP) is -0.625. The van der Waals surface area contributed by atoms with Crippen molar-refractivity contribution in [1.82, 2.24) is 24.6 Å². The number of aliphatic hydroxyl groups is 1. The lowest BCUT2D eigenvalue weighted by molar-refractivity contribution is 0.138. The quantitative estimate of drug-likeness (QED) is 0.789. The molecule has 1 saturated heterocycles. The van der Waals surface area contributed by atoms with Gasteiger partial charge in [0, 0.05) is 52.1 Å². The Hall–Kier alpha value is -0.980. The molecule has 0 aromatic carbocycles. The lowest BCUT2D eigenvalue weighted by Gasteiger charge is -2.31. The molecular formula is C13H23N5O. The van der Waals surface area contributed by atoms with Gasteiger partial charge in [0.15, 0.2) is 5.82 Å². The van der Waals surface area contributed by atoms with E-state index in [2.05, 4.69) is 26.9 Å². The molecule has 1 N–H and O–H groups in total. The monoisotopic (exact) mass is 265 g/mol. The summed E-state index contributed by atoms with van der Waals surface area (Å²) >= 11 is 0. The molecule has 0 bridgehead atoms. The SMILES string of the molecule is CN1CCN(CCc2nc3n(n2)CCC(O)C3)CC1. The van der Waals surface area contributed by atoms with Crippen LogP contribution in [0.15, 0.2) is 0 Å². The summed E-state index contributed by atoms with van der Waals surface area (Å²) in [4.78, 5) is 9.40. The first-order chi connectivity index (χ1) is 9.20. The zero-order valence-electron chi connectivity index (χ0n) is 11.6. The van der Waals surface area contributed by atoms with Gasteiger partial charge in [-0.3, -0.25) is 0 Å². The summed E-state index contributed by atoms with van der Waals surface area (Å²) < 4.78 is 1.96. The molecule has 3 heterocycles. The minimum atomic E-state index is -0.234. The maximum absolute atomic E-state index is 9.63. The van der Waals surface area contributed by atoms with Crippen molar-refractivity contribution in [2.24, 2.45) is 0 Å². The van der Waals surface area contributed by atoms with E-state index >= 15 is 0 Å². The van der Waals surface area contributed by atoms with Crippen molar-refractivity contribution in [3.8, 4) is 0 Å². The first-order valence-corrected chi connectivity index (χ1v) is 7.22. The average Bonchev–Trinajstić information content (AvgIpc) is 2.80. The van der Waals surface area contributed by atoms with Crippen LogP contribution >= 0.6 is 0 Å². The summed E-state index contributed by atoms with van der Waals surface area (Å²) in [6.07, 6.45) is 2.14. The van der Waals surface area contributed by atoms with Crippen LogP contribution in [0.4, 0.5) is 0 Å². The van der Waals surface area contributed by atoms with Crippen LogP contribution in [0.25, 0.3) is 0 Å². The lowest BCUT2D eigenvalue weighted by Crippen LogP contribution is -2.45. The number of aromatic nitrogens is 3. The molecule has 106 valence electrons. The van der Waals surface area contributed by atoms with Gasteiger partial charge in [-0.25, -0.2) is 9.67 Å². The van der Waals surface area contributed by atoms with E-state index in [1.54, 1.807) is 0 Å². The van der Waals surface area contributed by atoms with Crippen molar-refractivity contribution in [3.05, 3.63) is 11.6 Å². The van der Waals surface area contributed by atoms with E-state index in [0.29, 0.717) is 6.42 Å². The first-order valence-electron chi connectivity index (χ1n) is 7.22. The van der Waals surface area contributed by atoms with Gasteiger partial charge in [0.25, 0.3) is 0 Å². The van der Waals surface area contributed by atoms with Crippen molar-refractivity contribution in [2.75, 3.05) is 39.8 Å². The van der Waals surface area contributed by atoms with Gasteiger partial charge in [0.1, 0.15) is 5.82 Å². The van der Waals surface area contributed by atoms with Crippen molar-refractivity contribution < 1.29 is 5.11 Å². The van der Waals surface area contributed by atoms with E-state index in [1.807, 2.05) is 4.68 Å². The number of fused-ring (bicyclic) bond motifs is 1. The van der Waals surface area contributed by atoms with E-state index in [4.69, 9.17) is 0 Å². The Morgan fingerprint density at radius 2 is 2.00 bits per heavy atom. The second-order valence-corrected chi connectivity index (χ2v) is 5.71. The number of hydrogen-bond acceptors (Lipinski definition) is 5. The molecule has 0 saturated carbocycles. The molecule has 2 aliphatic heterocycles. The molecule has 0 radical (unpaired) electrons. The zero-order chi connectivity index (χ0) is 13.2. The molecule has 3 rings (SSSR count). The van der Waals surface area contributed by atoms with Gasteiger partial charge < -0.3 is 14.9 Å². The molecule has 1 atom stereocenters. The van der Waals surface area contributed by atoms with Gasteiger partial charge in [0.2, 0.25) is 0 Å². The molecule has 2 aliphatic rings. The fourth-order valence-electron chi connectivity index (χ4n) is 2.78. The molecule has 1 fully saturated rings. The van der Waals surface area contributed by atoms with Crippen molar-refractivity contribution >= 4 is 0 Å². The molecule has 0 aliphatic carbocycles. The maximum atomic E-state index is 9.63. The zero-order valence-corrected chi connectivity index (χ0v) is 11.6. The largest absolute Gasteiger partial charge is 0.393 e. The Morgan fingerprint density at radius 1 is 1.21 bits per heavy atom. The standard InChI is InChI=1S/C13H23N5O/c1-16-6-8-17(9-7-16)4-3-12-14-13-10-11(19)2-5-18(13)15-12/h11,19H,2-10H2,1H3. The number of hydrogen-bond donors (Lipinski definition) is 1. The summed E-state index contributed by atoms with van der Waals surface area (Å²) in [6, 6.07) is 0. The molecule has 0 amide bonds. The molecule has 6 nitrogen and oxygen atoms in total. The minimum absolute atomic E-state index is 0.234. The number of nitrogens with zero attached hydrogens (tertiary/aromatic N) is 5. The molecule has 6 heteroatoms. The second-order valence-electron chi connectivity index (χ2n) is 5.71. The van der Waals surface area contributed by atoms with E-state index in [9.17, 15) is 5.11 Å². The van der Waals surface area contributed by atoms with Gasteiger partial charge >= 0.3 is 0 Å². The summed E-state index contributed by atoms with van der Waals surface area (Å²) in [7, 11) is 2.17. The highest BCUT2D eigenvalue weighted by atomic mass is 16.3. The predicted molar refractivity (Wildman–Crippen MR) is 72.0 cm³/mol. The summed E-state index contributed by atoms with van der Waals surface area (Å²) in [5.41, 5.74) is 0. The van der Waals surface area contributed by atoms with E-state index in [1.165, 1.54) is 0 Å². The van der Waals surface area contributed by atoms with Gasteiger partial charge in [0.05, 0.1) is 6.10 Å². The normalized spacial score (nSPS) is 25.5. The highest BCUT2D eigenvalue weighted by Crippen LogP contribution is 2.13. The summed E-state index contributed by atoms with van der Waals surface area (Å²) in [6.45, 7) is 6.43. The van der Waals surface area contributed by atoms with Gasteiger partial charge in [-0.2, -0.15) is 5.10 Å². The number of rotatable bonds is 3. The van der Waals surface area contributed by atoms with Crippen molar-refractivity contribution in [1.29, 1.82) is 0 Å². The van der Waals surface area contributed by atoms with Crippen LogP contribution in [0.5, 0.6) is 0 Å². The molecule has 1 unspecified atom stereocenters. The second kappa shape index (κ2) is 5.56. The Morgan fingerprint density at radius 3 is 2.79 bits per heavy atom. The van der Waals surface area contributed by atoms with Crippen LogP contribution in [-0.2, 0) is 19.4 Å². The number of likely N-dealkylation sites (N-methyl/N-ethyl adjacent to an activating group) is 1. The third kappa shape index (κ3) is 3.13. The summed E-state index contributed by atoms with van der Waals surface area (Å²) in [5, 5.41) is 14.2. The minimum Gasteiger partial charge on any atom is -0.393 e. The Bertz CT molecular complexity index is 425. The molecular weight excluding hydrogens is 242 g/mol. The van der Waals surface area contributed by atoms with Gasteiger partial charge in [-0.1, -0.05) is 0 Å². The Kier molecular flexibility index (Phi) is 3.81. The fraction of sp³-hybridized carbons (Fsp3) is 0.846. The highest BCUT2D eigenvalue weighted by molar-refractivity contribution is 4.98. The van der Waals surface area contributed by atoms with E-state index in [-0.39, 0.29) is 6.10 Å². The van der Waals surface area contributed by atoms with E-state index < -0.39 is 0 Å². The lowest BCUT2D eigenvalue weighted by atomic mass is 10.1. The topological polar surface area (TPSA) is 57.4 Å². The van der Waals surface area contributed by atoms with Crippen molar-refractivity contribution in [3.63, 3.8) is 0 Å². The molecule has 0 spiro atoms. The number of piperazine rings is 1. The average molecular weight is 265 g/mol. The van der Waals surface area contributed by atoms with Crippen molar-refractivity contribution in [2.45, 2.75) is 31.9 Å². The number of aliphatic hydroxyl groups excluding tert-OH is 1. The van der Waals surface area contributed by atoms with Crippen LogP contribution in [-0.4, -0.2) is 75.5 Å². The maximum Gasteiger partial charge on any atom is 0.152 e. The highest BCUT2D eigenvalue weighted by Gasteiger charge is 2.20. The third-order valence-corrected chi connectivity index (χ3v) is 4.13. The van der Waals surface area contributed by atoms with E-state index in [0.717, 1.165) is 63.8 Å². The van der Waals surface area contributed by atoms with Gasteiger partial charge in [-0.15, -0.1) is 0 Å². The third-order valence-electron chi connectivity index (χ3n) is 4.13.